The van der Waals surface area contributed by atoms with E-state index >= 15 is 0 Å². The molecule has 1 atom stereocenters. The van der Waals surface area contributed by atoms with E-state index in [0.29, 0.717) is 5.92 Å². The monoisotopic (exact) mass is 149 g/mol. The van der Waals surface area contributed by atoms with Gasteiger partial charge in [-0.3, -0.25) is 0 Å². The van der Waals surface area contributed by atoms with Gasteiger partial charge in [0.15, 0.2) is 0 Å². The third kappa shape index (κ3) is 6.15. The van der Waals surface area contributed by atoms with E-state index in [-0.39, 0.29) is 6.61 Å². The molecular formula is C6H15NOS. The van der Waals surface area contributed by atoms with Gasteiger partial charge in [-0.05, 0) is 11.7 Å². The lowest BCUT2D eigenvalue weighted by Crippen LogP contribution is -2.07. The Bertz CT molecular complexity index is 61.0. The molecule has 9 heavy (non-hydrogen) atoms. The molecule has 0 amide bonds. The molecule has 0 radical (unpaired) electrons. The Morgan fingerprint density at radius 3 is 2.78 bits per heavy atom. The van der Waals surface area contributed by atoms with Crippen LogP contribution in [0.15, 0.2) is 0 Å². The van der Waals surface area contributed by atoms with Crippen molar-refractivity contribution in [2.75, 3.05) is 24.7 Å². The lowest BCUT2D eigenvalue weighted by molar-refractivity contribution is 0.250. The molecule has 0 aromatic heterocycles. The summed E-state index contributed by atoms with van der Waals surface area (Å²) in [5, 5.41) is 8.59. The average Bonchev–Trinajstić information content (AvgIpc) is 1.89. The zero-order valence-electron chi connectivity index (χ0n) is 5.84. The summed E-state index contributed by atoms with van der Waals surface area (Å²) in [6.07, 6.45) is 0. The molecule has 0 saturated carbocycles. The zero-order chi connectivity index (χ0) is 7.11. The zero-order valence-corrected chi connectivity index (χ0v) is 6.66. The van der Waals surface area contributed by atoms with Gasteiger partial charge in [-0.25, -0.2) is 0 Å². The number of thioether (sulfide) groups is 1. The molecule has 0 aliphatic carbocycles. The minimum absolute atomic E-state index is 0.289. The van der Waals surface area contributed by atoms with E-state index in [1.54, 1.807) is 11.8 Å². The lowest BCUT2D eigenvalue weighted by atomic mass is 10.2. The fourth-order valence-corrected chi connectivity index (χ4v) is 1.26. The van der Waals surface area contributed by atoms with Crippen LogP contribution in [0.3, 0.4) is 0 Å². The summed E-state index contributed by atoms with van der Waals surface area (Å²) in [7, 11) is 0. The van der Waals surface area contributed by atoms with Gasteiger partial charge in [-0.2, -0.15) is 11.8 Å². The van der Waals surface area contributed by atoms with Gasteiger partial charge < -0.3 is 10.8 Å². The molecule has 56 valence electrons. The molecule has 3 heteroatoms. The van der Waals surface area contributed by atoms with Gasteiger partial charge in [-0.15, -0.1) is 0 Å². The van der Waals surface area contributed by atoms with Crippen molar-refractivity contribution in [3.05, 3.63) is 0 Å². The molecule has 0 fully saturated rings. The molecule has 0 spiro atoms. The fraction of sp³-hybridized carbons (Fsp3) is 1.00. The second-order valence-electron chi connectivity index (χ2n) is 2.15. The normalized spacial score (nSPS) is 13.7. The first-order valence-electron chi connectivity index (χ1n) is 3.20. The van der Waals surface area contributed by atoms with Crippen molar-refractivity contribution in [2.24, 2.45) is 11.7 Å². The van der Waals surface area contributed by atoms with Crippen molar-refractivity contribution in [3.63, 3.8) is 0 Å². The smallest absolute Gasteiger partial charge is 0.0464 e. The maximum atomic E-state index is 8.59. The van der Waals surface area contributed by atoms with Crippen LogP contribution in [0.25, 0.3) is 0 Å². The van der Waals surface area contributed by atoms with Crippen LogP contribution >= 0.6 is 11.8 Å². The second-order valence-corrected chi connectivity index (χ2v) is 3.30. The minimum Gasteiger partial charge on any atom is -0.396 e. The second kappa shape index (κ2) is 6.39. The van der Waals surface area contributed by atoms with Gasteiger partial charge in [0.05, 0.1) is 0 Å². The Labute approximate surface area is 60.8 Å². The molecule has 0 rings (SSSR count). The van der Waals surface area contributed by atoms with E-state index in [4.69, 9.17) is 10.8 Å². The van der Waals surface area contributed by atoms with E-state index in [2.05, 4.69) is 0 Å². The van der Waals surface area contributed by atoms with Crippen molar-refractivity contribution in [3.8, 4) is 0 Å². The predicted octanol–water partition coefficient (Wildman–Crippen LogP) is 0.307. The van der Waals surface area contributed by atoms with E-state index in [9.17, 15) is 0 Å². The Hall–Kier alpha value is 0.270. The van der Waals surface area contributed by atoms with Gasteiger partial charge in [0.25, 0.3) is 0 Å². The van der Waals surface area contributed by atoms with Crippen LogP contribution in [0, 0.1) is 5.92 Å². The highest BCUT2D eigenvalue weighted by molar-refractivity contribution is 7.99. The summed E-state index contributed by atoms with van der Waals surface area (Å²) in [4.78, 5) is 0. The van der Waals surface area contributed by atoms with Crippen LogP contribution in [0.4, 0.5) is 0 Å². The largest absolute Gasteiger partial charge is 0.396 e. The summed E-state index contributed by atoms with van der Waals surface area (Å²) >= 11 is 1.80. The number of rotatable bonds is 5. The van der Waals surface area contributed by atoms with E-state index in [1.807, 2.05) is 6.92 Å². The predicted molar refractivity (Wildman–Crippen MR) is 42.6 cm³/mol. The standard InChI is InChI=1S/C6H15NOS/c1-6(4-8)5-9-3-2-7/h6,8H,2-5,7H2,1H3. The van der Waals surface area contributed by atoms with Crippen LogP contribution in [-0.2, 0) is 0 Å². The van der Waals surface area contributed by atoms with Crippen LogP contribution in [0.5, 0.6) is 0 Å². The Morgan fingerprint density at radius 2 is 2.33 bits per heavy atom. The van der Waals surface area contributed by atoms with Crippen molar-refractivity contribution in [1.82, 2.24) is 0 Å². The molecule has 0 aliphatic rings. The summed E-state index contributed by atoms with van der Waals surface area (Å²) < 4.78 is 0. The van der Waals surface area contributed by atoms with E-state index in [1.165, 1.54) is 0 Å². The lowest BCUT2D eigenvalue weighted by Gasteiger charge is -2.04. The number of hydrogen-bond donors (Lipinski definition) is 2. The first-order valence-corrected chi connectivity index (χ1v) is 4.35. The maximum absolute atomic E-state index is 8.59. The molecule has 0 aromatic carbocycles. The van der Waals surface area contributed by atoms with Crippen LogP contribution < -0.4 is 5.73 Å². The van der Waals surface area contributed by atoms with Crippen LogP contribution in [0.1, 0.15) is 6.92 Å². The summed E-state index contributed by atoms with van der Waals surface area (Å²) in [5.74, 6) is 2.44. The molecular weight excluding hydrogens is 134 g/mol. The number of nitrogens with two attached hydrogens (primary N) is 1. The SMILES string of the molecule is CC(CO)CSCCN. The number of hydrogen-bond acceptors (Lipinski definition) is 3. The minimum atomic E-state index is 0.289. The molecule has 3 N–H and O–H groups in total. The Kier molecular flexibility index (Phi) is 6.58. The highest BCUT2D eigenvalue weighted by Crippen LogP contribution is 2.05. The molecule has 0 saturated heterocycles. The van der Waals surface area contributed by atoms with Gasteiger partial charge in [0, 0.05) is 18.9 Å². The Balaban J connectivity index is 2.88. The third-order valence-corrected chi connectivity index (χ3v) is 2.31. The fourth-order valence-electron chi connectivity index (χ4n) is 0.421. The van der Waals surface area contributed by atoms with Gasteiger partial charge in [-0.1, -0.05) is 6.92 Å². The molecule has 0 heterocycles. The summed E-state index contributed by atoms with van der Waals surface area (Å²) in [5.41, 5.74) is 5.27. The topological polar surface area (TPSA) is 46.2 Å². The van der Waals surface area contributed by atoms with Gasteiger partial charge in [0.2, 0.25) is 0 Å². The molecule has 0 aliphatic heterocycles. The van der Waals surface area contributed by atoms with Crippen LogP contribution in [-0.4, -0.2) is 29.8 Å². The first kappa shape index (κ1) is 9.27. The van der Waals surface area contributed by atoms with Gasteiger partial charge in [0.1, 0.15) is 0 Å². The molecule has 1 unspecified atom stereocenters. The van der Waals surface area contributed by atoms with E-state index in [0.717, 1.165) is 18.1 Å². The van der Waals surface area contributed by atoms with Crippen molar-refractivity contribution in [1.29, 1.82) is 0 Å². The average molecular weight is 149 g/mol. The van der Waals surface area contributed by atoms with Crippen molar-refractivity contribution in [2.45, 2.75) is 6.92 Å². The quantitative estimate of drug-likeness (QED) is 0.553. The highest BCUT2D eigenvalue weighted by Gasteiger charge is 1.97. The first-order chi connectivity index (χ1) is 4.31. The number of aliphatic hydroxyl groups is 1. The van der Waals surface area contributed by atoms with Crippen LogP contribution in [0.2, 0.25) is 0 Å². The van der Waals surface area contributed by atoms with Crippen molar-refractivity contribution >= 4 is 11.8 Å². The summed E-state index contributed by atoms with van der Waals surface area (Å²) in [6, 6.07) is 0. The number of aliphatic hydroxyl groups excluding tert-OH is 1. The third-order valence-electron chi connectivity index (χ3n) is 0.976. The molecule has 0 bridgehead atoms. The maximum Gasteiger partial charge on any atom is 0.0464 e. The van der Waals surface area contributed by atoms with Crippen molar-refractivity contribution < 1.29 is 5.11 Å². The van der Waals surface area contributed by atoms with E-state index < -0.39 is 0 Å². The van der Waals surface area contributed by atoms with Gasteiger partial charge >= 0.3 is 0 Å². The molecule has 2 nitrogen and oxygen atoms in total. The summed E-state index contributed by atoms with van der Waals surface area (Å²) in [6.45, 7) is 3.06. The molecule has 0 aromatic rings. The highest BCUT2D eigenvalue weighted by atomic mass is 32.2. The Morgan fingerprint density at radius 1 is 1.67 bits per heavy atom.